The van der Waals surface area contributed by atoms with Gasteiger partial charge in [0.1, 0.15) is 24.4 Å². The number of epoxide rings is 3. The zero-order valence-corrected chi connectivity index (χ0v) is 11.2. The van der Waals surface area contributed by atoms with Crippen molar-refractivity contribution in [3.8, 4) is 0 Å². The van der Waals surface area contributed by atoms with E-state index in [9.17, 15) is 0 Å². The van der Waals surface area contributed by atoms with Crippen LogP contribution in [0.1, 0.15) is 34.5 Å². The topological polar surface area (TPSA) is 37.6 Å². The van der Waals surface area contributed by atoms with Crippen molar-refractivity contribution in [2.45, 2.75) is 35.6 Å². The number of ether oxygens (including phenoxy) is 3. The van der Waals surface area contributed by atoms with Gasteiger partial charge in [-0.1, -0.05) is 48.5 Å². The summed E-state index contributed by atoms with van der Waals surface area (Å²) in [5.74, 6) is 0. The van der Waals surface area contributed by atoms with Gasteiger partial charge in [0.15, 0.2) is 11.2 Å². The Bertz CT molecular complexity index is 776. The molecule has 6 atom stereocenters. The molecule has 0 amide bonds. The fourth-order valence-corrected chi connectivity index (χ4v) is 5.07. The van der Waals surface area contributed by atoms with Crippen molar-refractivity contribution in [1.29, 1.82) is 0 Å². The predicted octanol–water partition coefficient (Wildman–Crippen LogP) is 2.71. The van der Waals surface area contributed by atoms with Crippen molar-refractivity contribution in [1.82, 2.24) is 0 Å². The molecule has 3 nitrogen and oxygen atoms in total. The first-order valence-electron chi connectivity index (χ1n) is 7.58. The molecule has 0 N–H and O–H groups in total. The Morgan fingerprint density at radius 1 is 0.667 bits per heavy atom. The molecule has 3 saturated heterocycles. The molecule has 3 fully saturated rings. The summed E-state index contributed by atoms with van der Waals surface area (Å²) in [7, 11) is 0. The third kappa shape index (κ3) is 0.816. The van der Waals surface area contributed by atoms with E-state index in [1.54, 1.807) is 0 Å². The van der Waals surface area contributed by atoms with Crippen molar-refractivity contribution in [3.63, 3.8) is 0 Å². The van der Waals surface area contributed by atoms with E-state index < -0.39 is 0 Å². The maximum absolute atomic E-state index is 6.52. The lowest BCUT2D eigenvalue weighted by molar-refractivity contribution is 0.203. The largest absolute Gasteiger partial charge is 0.361 e. The maximum Gasteiger partial charge on any atom is 0.160 e. The highest BCUT2D eigenvalue weighted by Gasteiger charge is 2.91. The van der Waals surface area contributed by atoms with Gasteiger partial charge >= 0.3 is 0 Å². The van der Waals surface area contributed by atoms with Crippen LogP contribution in [0.3, 0.4) is 0 Å². The van der Waals surface area contributed by atoms with Gasteiger partial charge in [-0.2, -0.15) is 0 Å². The van der Waals surface area contributed by atoms with Crippen LogP contribution in [-0.4, -0.2) is 12.2 Å². The van der Waals surface area contributed by atoms with Crippen LogP contribution in [0.15, 0.2) is 48.5 Å². The lowest BCUT2D eigenvalue weighted by atomic mass is 9.66. The molecule has 3 heteroatoms. The third-order valence-corrected chi connectivity index (χ3v) is 5.95. The molecule has 21 heavy (non-hydrogen) atoms. The highest BCUT2D eigenvalue weighted by atomic mass is 16.7. The van der Waals surface area contributed by atoms with Gasteiger partial charge in [-0.15, -0.1) is 0 Å². The molecular weight excluding hydrogens is 264 g/mol. The molecule has 2 aromatic rings. The summed E-state index contributed by atoms with van der Waals surface area (Å²) < 4.78 is 18.6. The van der Waals surface area contributed by atoms with Crippen molar-refractivity contribution in [2.24, 2.45) is 0 Å². The van der Waals surface area contributed by atoms with Gasteiger partial charge in [0.05, 0.1) is 0 Å². The number of hydrogen-bond donors (Lipinski definition) is 0. The smallest absolute Gasteiger partial charge is 0.160 e. The van der Waals surface area contributed by atoms with Gasteiger partial charge in [-0.3, -0.25) is 0 Å². The van der Waals surface area contributed by atoms with Crippen LogP contribution >= 0.6 is 0 Å². The zero-order valence-electron chi connectivity index (χ0n) is 11.2. The van der Waals surface area contributed by atoms with Crippen LogP contribution in [0.2, 0.25) is 0 Å². The van der Waals surface area contributed by atoms with Crippen LogP contribution < -0.4 is 0 Å². The second kappa shape index (κ2) is 2.68. The van der Waals surface area contributed by atoms with E-state index in [-0.39, 0.29) is 35.6 Å². The minimum absolute atomic E-state index is 0.152. The summed E-state index contributed by atoms with van der Waals surface area (Å²) in [6.45, 7) is 0. The summed E-state index contributed by atoms with van der Waals surface area (Å²) in [5, 5.41) is 0. The first-order chi connectivity index (χ1) is 10.4. The molecular formula is C18H12O3. The van der Waals surface area contributed by atoms with Gasteiger partial charge in [0.25, 0.3) is 0 Å². The van der Waals surface area contributed by atoms with Gasteiger partial charge in [-0.05, 0) is 22.3 Å². The monoisotopic (exact) mass is 276 g/mol. The van der Waals surface area contributed by atoms with Crippen LogP contribution in [0.25, 0.3) is 0 Å². The molecule has 2 aliphatic carbocycles. The molecule has 3 aliphatic heterocycles. The number of fused-ring (bicyclic) bond motifs is 6. The van der Waals surface area contributed by atoms with Crippen LogP contribution in [0, 0.1) is 0 Å². The van der Waals surface area contributed by atoms with E-state index in [0.717, 1.165) is 0 Å². The molecule has 0 saturated carbocycles. The maximum atomic E-state index is 6.52. The number of rotatable bonds is 0. The van der Waals surface area contributed by atoms with Gasteiger partial charge in [0, 0.05) is 0 Å². The average Bonchev–Trinajstić information content (AvgIpc) is 3.40. The molecule has 2 aromatic carbocycles. The third-order valence-electron chi connectivity index (χ3n) is 5.95. The Morgan fingerprint density at radius 3 is 1.67 bits per heavy atom. The Labute approximate surface area is 121 Å². The van der Waals surface area contributed by atoms with E-state index in [4.69, 9.17) is 14.2 Å². The lowest BCUT2D eigenvalue weighted by Crippen LogP contribution is -2.39. The summed E-state index contributed by atoms with van der Waals surface area (Å²) in [4.78, 5) is 0. The van der Waals surface area contributed by atoms with Crippen LogP contribution in [0.4, 0.5) is 0 Å². The Hall–Kier alpha value is -1.68. The molecule has 5 aliphatic rings. The zero-order chi connectivity index (χ0) is 13.4. The molecule has 102 valence electrons. The second-order valence-corrected chi connectivity index (χ2v) is 6.70. The summed E-state index contributed by atoms with van der Waals surface area (Å²) in [5.41, 5.74) is 4.55. The molecule has 3 heterocycles. The predicted molar refractivity (Wildman–Crippen MR) is 72.6 cm³/mol. The fraction of sp³-hybridized carbons (Fsp3) is 0.333. The second-order valence-electron chi connectivity index (χ2n) is 6.70. The first kappa shape index (κ1) is 10.1. The quantitative estimate of drug-likeness (QED) is 0.694. The molecule has 0 bridgehead atoms. The Kier molecular flexibility index (Phi) is 1.29. The van der Waals surface area contributed by atoms with Crippen molar-refractivity contribution in [3.05, 3.63) is 70.8 Å². The van der Waals surface area contributed by atoms with Crippen LogP contribution in [0.5, 0.6) is 0 Å². The molecule has 0 unspecified atom stereocenters. The van der Waals surface area contributed by atoms with E-state index in [1.807, 2.05) is 0 Å². The Balaban J connectivity index is 1.61. The normalized spacial score (nSPS) is 48.8. The van der Waals surface area contributed by atoms with Gasteiger partial charge in [-0.25, -0.2) is 0 Å². The highest BCUT2D eigenvalue weighted by Crippen LogP contribution is 2.83. The van der Waals surface area contributed by atoms with E-state index in [0.29, 0.717) is 0 Å². The molecule has 7 rings (SSSR count). The minimum Gasteiger partial charge on any atom is -0.361 e. The van der Waals surface area contributed by atoms with E-state index in [2.05, 4.69) is 48.5 Å². The SMILES string of the molecule is c1ccc2c(c1)[C@@H]1O[C@@H]1[C@@]13O[C@@]21[C@H]1O[C@H]1c1ccccc13. The fourth-order valence-electron chi connectivity index (χ4n) is 5.07. The lowest BCUT2D eigenvalue weighted by Gasteiger charge is -2.28. The molecule has 0 aromatic heterocycles. The molecule has 0 radical (unpaired) electrons. The van der Waals surface area contributed by atoms with Crippen molar-refractivity contribution >= 4 is 0 Å². The van der Waals surface area contributed by atoms with Crippen molar-refractivity contribution in [2.75, 3.05) is 0 Å². The van der Waals surface area contributed by atoms with E-state index in [1.165, 1.54) is 22.3 Å². The van der Waals surface area contributed by atoms with E-state index >= 15 is 0 Å². The standard InChI is InChI=1S/C18H12O3/c1-3-7-11-9(5-1)13-15(19-13)18-12-8-4-2-6-10(12)14-16(20-14)17(11,18)21-18/h1-8,13-16H/t13-,14-,15-,16-,17+,18+/m0/s1. The minimum atomic E-state index is -0.305. The number of benzene rings is 2. The van der Waals surface area contributed by atoms with Gasteiger partial charge < -0.3 is 14.2 Å². The van der Waals surface area contributed by atoms with Gasteiger partial charge in [0.2, 0.25) is 0 Å². The average molecular weight is 276 g/mol. The summed E-state index contributed by atoms with van der Waals surface area (Å²) in [6.07, 6.45) is 0.692. The first-order valence-corrected chi connectivity index (χ1v) is 7.58. The van der Waals surface area contributed by atoms with Crippen LogP contribution in [-0.2, 0) is 25.4 Å². The molecule has 0 spiro atoms. The summed E-state index contributed by atoms with van der Waals surface area (Å²) in [6, 6.07) is 17.1. The Morgan fingerprint density at radius 2 is 1.14 bits per heavy atom. The highest BCUT2D eigenvalue weighted by molar-refractivity contribution is 5.61. The number of hydrogen-bond acceptors (Lipinski definition) is 3. The van der Waals surface area contributed by atoms with Crippen molar-refractivity contribution < 1.29 is 14.2 Å². The summed E-state index contributed by atoms with van der Waals surface area (Å²) >= 11 is 0.